The van der Waals surface area contributed by atoms with Crippen molar-refractivity contribution in [1.29, 1.82) is 0 Å². The first-order chi connectivity index (χ1) is 8.56. The van der Waals surface area contributed by atoms with Crippen LogP contribution in [0.25, 0.3) is 0 Å². The molecule has 1 aromatic rings. The summed E-state index contributed by atoms with van der Waals surface area (Å²) < 4.78 is 0. The van der Waals surface area contributed by atoms with Crippen LogP contribution in [0.3, 0.4) is 0 Å². The normalized spacial score (nSPS) is 24.0. The number of benzene rings is 1. The van der Waals surface area contributed by atoms with E-state index in [0.29, 0.717) is 6.04 Å². The van der Waals surface area contributed by atoms with Crippen LogP contribution in [0, 0.1) is 26.7 Å². The van der Waals surface area contributed by atoms with Crippen molar-refractivity contribution in [3.63, 3.8) is 0 Å². The third-order valence-corrected chi connectivity index (χ3v) is 4.41. The lowest BCUT2D eigenvalue weighted by atomic mass is 9.86. The molecule has 1 aliphatic carbocycles. The fourth-order valence-corrected chi connectivity index (χ4v) is 2.79. The summed E-state index contributed by atoms with van der Waals surface area (Å²) in [5, 5.41) is 3.60. The van der Waals surface area contributed by atoms with Crippen LogP contribution in [0.5, 0.6) is 0 Å². The van der Waals surface area contributed by atoms with Crippen molar-refractivity contribution >= 4 is 5.69 Å². The second-order valence-corrected chi connectivity index (χ2v) is 5.90. The maximum atomic E-state index is 5.94. The number of aryl methyl sites for hydroxylation is 2. The monoisotopic (exact) mass is 246 g/mol. The predicted molar refractivity (Wildman–Crippen MR) is 79.1 cm³/mol. The molecule has 1 aromatic carbocycles. The van der Waals surface area contributed by atoms with Crippen LogP contribution >= 0.6 is 0 Å². The van der Waals surface area contributed by atoms with Crippen LogP contribution in [0.4, 0.5) is 5.69 Å². The van der Waals surface area contributed by atoms with Gasteiger partial charge in [0, 0.05) is 18.3 Å². The summed E-state index contributed by atoms with van der Waals surface area (Å²) in [6.45, 7) is 7.66. The molecule has 3 N–H and O–H groups in total. The summed E-state index contributed by atoms with van der Waals surface area (Å²) in [4.78, 5) is 0. The molecule has 0 radical (unpaired) electrons. The molecule has 1 fully saturated rings. The molecule has 0 atom stereocenters. The summed E-state index contributed by atoms with van der Waals surface area (Å²) in [7, 11) is 0. The van der Waals surface area contributed by atoms with Gasteiger partial charge in [0.25, 0.3) is 0 Å². The highest BCUT2D eigenvalue weighted by atomic mass is 14.9. The van der Waals surface area contributed by atoms with Crippen molar-refractivity contribution in [2.75, 3.05) is 11.9 Å². The van der Waals surface area contributed by atoms with Crippen molar-refractivity contribution in [3.05, 3.63) is 28.8 Å². The van der Waals surface area contributed by atoms with Crippen LogP contribution in [0.2, 0.25) is 0 Å². The molecule has 100 valence electrons. The van der Waals surface area contributed by atoms with E-state index >= 15 is 0 Å². The number of hydrogen-bond donors (Lipinski definition) is 2. The van der Waals surface area contributed by atoms with E-state index in [1.54, 1.807) is 0 Å². The summed E-state index contributed by atoms with van der Waals surface area (Å²) in [6.07, 6.45) is 4.94. The second kappa shape index (κ2) is 5.75. The van der Waals surface area contributed by atoms with E-state index < -0.39 is 0 Å². The number of rotatable bonds is 3. The first-order valence-corrected chi connectivity index (χ1v) is 7.13. The Bertz CT molecular complexity index is 381. The Morgan fingerprint density at radius 3 is 2.17 bits per heavy atom. The Hall–Kier alpha value is -1.02. The molecule has 0 bridgehead atoms. The number of nitrogens with two attached hydrogens (primary N) is 1. The van der Waals surface area contributed by atoms with Gasteiger partial charge in [-0.1, -0.05) is 0 Å². The molecule has 0 heterocycles. The van der Waals surface area contributed by atoms with Crippen LogP contribution in [-0.4, -0.2) is 12.6 Å². The van der Waals surface area contributed by atoms with Gasteiger partial charge in [0.2, 0.25) is 0 Å². The van der Waals surface area contributed by atoms with Gasteiger partial charge in [-0.05, 0) is 81.2 Å². The van der Waals surface area contributed by atoms with Crippen molar-refractivity contribution in [1.82, 2.24) is 0 Å². The maximum absolute atomic E-state index is 5.94. The molecule has 0 saturated heterocycles. The third-order valence-electron chi connectivity index (χ3n) is 4.41. The quantitative estimate of drug-likeness (QED) is 0.856. The van der Waals surface area contributed by atoms with Gasteiger partial charge < -0.3 is 11.1 Å². The van der Waals surface area contributed by atoms with E-state index in [1.165, 1.54) is 48.1 Å². The van der Waals surface area contributed by atoms with Crippen molar-refractivity contribution < 1.29 is 0 Å². The van der Waals surface area contributed by atoms with Gasteiger partial charge in [0.1, 0.15) is 0 Å². The fourth-order valence-electron chi connectivity index (χ4n) is 2.79. The Kier molecular flexibility index (Phi) is 4.28. The summed E-state index contributed by atoms with van der Waals surface area (Å²) in [6, 6.07) is 4.97. The van der Waals surface area contributed by atoms with E-state index in [1.807, 2.05) is 0 Å². The lowest BCUT2D eigenvalue weighted by Crippen LogP contribution is -2.29. The molecule has 0 amide bonds. The zero-order chi connectivity index (χ0) is 13.1. The van der Waals surface area contributed by atoms with Gasteiger partial charge in [-0.15, -0.1) is 0 Å². The summed E-state index contributed by atoms with van der Waals surface area (Å²) in [5.41, 5.74) is 11.4. The minimum absolute atomic E-state index is 0.449. The summed E-state index contributed by atoms with van der Waals surface area (Å²) >= 11 is 0. The molecular formula is C16H26N2. The van der Waals surface area contributed by atoms with Crippen molar-refractivity contribution in [2.45, 2.75) is 52.5 Å². The first-order valence-electron chi connectivity index (χ1n) is 7.13. The average molecular weight is 246 g/mol. The molecule has 2 heteroatoms. The van der Waals surface area contributed by atoms with E-state index in [2.05, 4.69) is 38.2 Å². The van der Waals surface area contributed by atoms with Crippen molar-refractivity contribution in [3.8, 4) is 0 Å². The maximum Gasteiger partial charge on any atom is 0.0345 e. The molecule has 1 saturated carbocycles. The van der Waals surface area contributed by atoms with Gasteiger partial charge in [0.05, 0.1) is 0 Å². The predicted octanol–water partition coefficient (Wildman–Crippen LogP) is 3.54. The summed E-state index contributed by atoms with van der Waals surface area (Å²) in [5.74, 6) is 0.798. The van der Waals surface area contributed by atoms with Gasteiger partial charge >= 0.3 is 0 Å². The minimum atomic E-state index is 0.449. The molecule has 0 unspecified atom stereocenters. The highest BCUT2D eigenvalue weighted by molar-refractivity contribution is 5.51. The number of hydrogen-bond acceptors (Lipinski definition) is 2. The smallest absolute Gasteiger partial charge is 0.0345 e. The minimum Gasteiger partial charge on any atom is -0.385 e. The topological polar surface area (TPSA) is 38.0 Å². The lowest BCUT2D eigenvalue weighted by Gasteiger charge is -2.26. The van der Waals surface area contributed by atoms with Gasteiger partial charge in [-0.2, -0.15) is 0 Å². The Morgan fingerprint density at radius 1 is 1.06 bits per heavy atom. The molecule has 2 nitrogen and oxygen atoms in total. The fraction of sp³-hybridized carbons (Fsp3) is 0.625. The third kappa shape index (κ3) is 3.26. The zero-order valence-corrected chi connectivity index (χ0v) is 11.9. The Balaban J connectivity index is 1.90. The van der Waals surface area contributed by atoms with Crippen LogP contribution in [0.15, 0.2) is 12.1 Å². The highest BCUT2D eigenvalue weighted by Gasteiger charge is 2.18. The molecule has 1 aliphatic rings. The molecule has 0 aliphatic heterocycles. The molecule has 0 spiro atoms. The van der Waals surface area contributed by atoms with Crippen molar-refractivity contribution in [2.24, 2.45) is 11.7 Å². The molecular weight excluding hydrogens is 220 g/mol. The highest BCUT2D eigenvalue weighted by Crippen LogP contribution is 2.24. The first kappa shape index (κ1) is 13.4. The largest absolute Gasteiger partial charge is 0.385 e. The van der Waals surface area contributed by atoms with E-state index in [-0.39, 0.29) is 0 Å². The number of nitrogens with one attached hydrogen (secondary N) is 1. The average Bonchev–Trinajstić information content (AvgIpc) is 2.35. The standard InChI is InChI=1S/C16H26N2/c1-11-8-16(9-12(2)13(11)3)18-10-14-4-6-15(17)7-5-14/h8-9,14-15,18H,4-7,10,17H2,1-3H3. The van der Waals surface area contributed by atoms with Crippen LogP contribution in [0.1, 0.15) is 42.4 Å². The molecule has 18 heavy (non-hydrogen) atoms. The van der Waals surface area contributed by atoms with E-state index in [4.69, 9.17) is 5.73 Å². The lowest BCUT2D eigenvalue weighted by molar-refractivity contribution is 0.339. The number of anilines is 1. The van der Waals surface area contributed by atoms with E-state index in [9.17, 15) is 0 Å². The molecule has 2 rings (SSSR count). The molecule has 0 aromatic heterocycles. The van der Waals surface area contributed by atoms with E-state index in [0.717, 1.165) is 12.5 Å². The van der Waals surface area contributed by atoms with Gasteiger partial charge in [0.15, 0.2) is 0 Å². The SMILES string of the molecule is Cc1cc(NCC2CCC(N)CC2)cc(C)c1C. The Morgan fingerprint density at radius 2 is 1.61 bits per heavy atom. The van der Waals surface area contributed by atoms with Gasteiger partial charge in [-0.3, -0.25) is 0 Å². The van der Waals surface area contributed by atoms with Crippen LogP contribution < -0.4 is 11.1 Å². The Labute approximate surface area is 111 Å². The second-order valence-electron chi connectivity index (χ2n) is 5.90. The van der Waals surface area contributed by atoms with Gasteiger partial charge in [-0.25, -0.2) is 0 Å². The zero-order valence-electron chi connectivity index (χ0n) is 11.9. The van der Waals surface area contributed by atoms with Crippen LogP contribution in [-0.2, 0) is 0 Å².